The largest absolute Gasteiger partial charge is 0.478 e. The van der Waals surface area contributed by atoms with Crippen LogP contribution in [0.4, 0.5) is 10.1 Å². The summed E-state index contributed by atoms with van der Waals surface area (Å²) in [6, 6.07) is 7.13. The van der Waals surface area contributed by atoms with Gasteiger partial charge in [0.25, 0.3) is 0 Å². The number of nitrogens with two attached hydrogens (primary N) is 1. The van der Waals surface area contributed by atoms with Gasteiger partial charge in [0.15, 0.2) is 0 Å². The summed E-state index contributed by atoms with van der Waals surface area (Å²) in [6.45, 7) is 0. The Morgan fingerprint density at radius 3 is 2.60 bits per heavy atom. The Labute approximate surface area is 84.9 Å². The van der Waals surface area contributed by atoms with E-state index in [1.165, 1.54) is 24.3 Å². The van der Waals surface area contributed by atoms with E-state index >= 15 is 0 Å². The van der Waals surface area contributed by atoms with Crippen LogP contribution in [0.2, 0.25) is 0 Å². The molecule has 0 aliphatic heterocycles. The molecule has 4 heteroatoms. The maximum atomic E-state index is 13.3. The molecule has 0 bridgehead atoms. The van der Waals surface area contributed by atoms with Gasteiger partial charge in [0, 0.05) is 10.8 Å². The van der Waals surface area contributed by atoms with Crippen LogP contribution < -0.4 is 5.73 Å². The van der Waals surface area contributed by atoms with Crippen LogP contribution in [0.5, 0.6) is 0 Å². The van der Waals surface area contributed by atoms with Crippen LogP contribution in [0.25, 0.3) is 10.8 Å². The number of carbonyl (C=O) groups is 1. The van der Waals surface area contributed by atoms with Gasteiger partial charge in [0.05, 0.1) is 11.3 Å². The molecule has 0 amide bonds. The first-order valence-electron chi connectivity index (χ1n) is 4.31. The van der Waals surface area contributed by atoms with E-state index < -0.39 is 11.8 Å². The number of nitrogen functional groups attached to an aromatic ring is 1. The van der Waals surface area contributed by atoms with E-state index in [2.05, 4.69) is 0 Å². The number of aromatic carboxylic acids is 1. The van der Waals surface area contributed by atoms with Crippen molar-refractivity contribution in [3.63, 3.8) is 0 Å². The highest BCUT2D eigenvalue weighted by Gasteiger charge is 2.11. The van der Waals surface area contributed by atoms with Crippen molar-refractivity contribution >= 4 is 22.4 Å². The molecular weight excluding hydrogens is 197 g/mol. The third-order valence-corrected chi connectivity index (χ3v) is 2.28. The number of rotatable bonds is 1. The fraction of sp³-hybridized carbons (Fsp3) is 0. The van der Waals surface area contributed by atoms with Crippen molar-refractivity contribution in [1.82, 2.24) is 0 Å². The van der Waals surface area contributed by atoms with E-state index in [9.17, 15) is 9.18 Å². The molecule has 15 heavy (non-hydrogen) atoms. The molecule has 0 saturated carbocycles. The number of benzene rings is 2. The minimum Gasteiger partial charge on any atom is -0.478 e. The Hall–Kier alpha value is -2.10. The topological polar surface area (TPSA) is 63.3 Å². The zero-order valence-corrected chi connectivity index (χ0v) is 7.70. The van der Waals surface area contributed by atoms with E-state index in [0.717, 1.165) is 0 Å². The molecule has 76 valence electrons. The maximum absolute atomic E-state index is 13.3. The molecule has 0 aromatic heterocycles. The smallest absolute Gasteiger partial charge is 0.337 e. The number of anilines is 1. The van der Waals surface area contributed by atoms with Gasteiger partial charge in [-0.15, -0.1) is 0 Å². The molecule has 0 saturated heterocycles. The van der Waals surface area contributed by atoms with Gasteiger partial charge in [0.1, 0.15) is 5.82 Å². The molecule has 0 atom stereocenters. The standard InChI is InChI=1S/C11H8FNO2/c12-9-3-1-2-7-6(9)4-5-8(10(7)13)11(14)15/h1-5H,13H2,(H,14,15). The summed E-state index contributed by atoms with van der Waals surface area (Å²) in [5, 5.41) is 9.58. The summed E-state index contributed by atoms with van der Waals surface area (Å²) < 4.78 is 13.3. The van der Waals surface area contributed by atoms with Crippen LogP contribution in [0.1, 0.15) is 10.4 Å². The quantitative estimate of drug-likeness (QED) is 0.702. The molecule has 2 aromatic rings. The van der Waals surface area contributed by atoms with E-state index in [1.807, 2.05) is 0 Å². The summed E-state index contributed by atoms with van der Waals surface area (Å²) in [7, 11) is 0. The highest BCUT2D eigenvalue weighted by molar-refractivity contribution is 6.04. The Morgan fingerprint density at radius 2 is 1.93 bits per heavy atom. The van der Waals surface area contributed by atoms with E-state index in [-0.39, 0.29) is 11.3 Å². The molecule has 0 heterocycles. The number of carboxylic acid groups (broad SMARTS) is 1. The predicted octanol–water partition coefficient (Wildman–Crippen LogP) is 2.26. The van der Waals surface area contributed by atoms with E-state index in [1.54, 1.807) is 6.07 Å². The Morgan fingerprint density at radius 1 is 1.20 bits per heavy atom. The molecule has 0 aliphatic carbocycles. The number of carboxylic acids is 1. The lowest BCUT2D eigenvalue weighted by Gasteiger charge is -2.05. The van der Waals surface area contributed by atoms with E-state index in [0.29, 0.717) is 10.8 Å². The molecule has 3 nitrogen and oxygen atoms in total. The van der Waals surface area contributed by atoms with Crippen molar-refractivity contribution in [3.05, 3.63) is 41.7 Å². The lowest BCUT2D eigenvalue weighted by molar-refractivity contribution is 0.0698. The third kappa shape index (κ3) is 1.40. The van der Waals surface area contributed by atoms with Gasteiger partial charge in [0.2, 0.25) is 0 Å². The van der Waals surface area contributed by atoms with Gasteiger partial charge in [-0.05, 0) is 12.1 Å². The van der Waals surface area contributed by atoms with Crippen LogP contribution in [0, 0.1) is 5.82 Å². The average molecular weight is 205 g/mol. The van der Waals surface area contributed by atoms with Gasteiger partial charge in [-0.25, -0.2) is 9.18 Å². The summed E-state index contributed by atoms with van der Waals surface area (Å²) in [4.78, 5) is 10.8. The summed E-state index contributed by atoms with van der Waals surface area (Å²) in [5.74, 6) is -1.52. The second-order valence-corrected chi connectivity index (χ2v) is 3.17. The number of hydrogen-bond donors (Lipinski definition) is 2. The van der Waals surface area contributed by atoms with Gasteiger partial charge in [-0.3, -0.25) is 0 Å². The maximum Gasteiger partial charge on any atom is 0.337 e. The minimum absolute atomic E-state index is 0.00639. The first-order valence-corrected chi connectivity index (χ1v) is 4.31. The van der Waals surface area contributed by atoms with Crippen molar-refractivity contribution in [2.24, 2.45) is 0 Å². The predicted molar refractivity (Wildman–Crippen MR) is 55.3 cm³/mol. The molecule has 0 fully saturated rings. The summed E-state index contributed by atoms with van der Waals surface area (Å²) in [5.41, 5.74) is 5.73. The van der Waals surface area contributed by atoms with Crippen LogP contribution in [-0.2, 0) is 0 Å². The highest BCUT2D eigenvalue weighted by Crippen LogP contribution is 2.26. The first kappa shape index (κ1) is 9.45. The third-order valence-electron chi connectivity index (χ3n) is 2.28. The SMILES string of the molecule is Nc1c(C(=O)O)ccc2c(F)cccc12. The highest BCUT2D eigenvalue weighted by atomic mass is 19.1. The van der Waals surface area contributed by atoms with E-state index in [4.69, 9.17) is 10.8 Å². The Bertz CT molecular complexity index is 552. The minimum atomic E-state index is -1.11. The summed E-state index contributed by atoms with van der Waals surface area (Å²) >= 11 is 0. The Kier molecular flexibility index (Phi) is 2.04. The lowest BCUT2D eigenvalue weighted by Crippen LogP contribution is -2.02. The van der Waals surface area contributed by atoms with Crippen LogP contribution in [0.3, 0.4) is 0 Å². The fourth-order valence-electron chi connectivity index (χ4n) is 1.53. The Balaban J connectivity index is 2.86. The molecule has 0 radical (unpaired) electrons. The lowest BCUT2D eigenvalue weighted by atomic mass is 10.0. The molecule has 0 aliphatic rings. The monoisotopic (exact) mass is 205 g/mol. The normalized spacial score (nSPS) is 10.5. The second-order valence-electron chi connectivity index (χ2n) is 3.17. The summed E-state index contributed by atoms with van der Waals surface area (Å²) in [6.07, 6.45) is 0. The van der Waals surface area contributed by atoms with Gasteiger partial charge < -0.3 is 10.8 Å². The molecule has 2 aromatic carbocycles. The molecule has 2 rings (SSSR count). The number of fused-ring (bicyclic) bond motifs is 1. The van der Waals surface area contributed by atoms with Crippen molar-refractivity contribution in [1.29, 1.82) is 0 Å². The molecule has 0 unspecified atom stereocenters. The number of halogens is 1. The van der Waals surface area contributed by atoms with Crippen molar-refractivity contribution in [2.75, 3.05) is 5.73 Å². The first-order chi connectivity index (χ1) is 7.11. The van der Waals surface area contributed by atoms with Crippen molar-refractivity contribution < 1.29 is 14.3 Å². The number of hydrogen-bond acceptors (Lipinski definition) is 2. The van der Waals surface area contributed by atoms with Crippen LogP contribution in [-0.4, -0.2) is 11.1 Å². The molecule has 0 spiro atoms. The zero-order chi connectivity index (χ0) is 11.0. The van der Waals surface area contributed by atoms with Crippen molar-refractivity contribution in [3.8, 4) is 0 Å². The van der Waals surface area contributed by atoms with Crippen LogP contribution >= 0.6 is 0 Å². The zero-order valence-electron chi connectivity index (χ0n) is 7.70. The van der Waals surface area contributed by atoms with Crippen molar-refractivity contribution in [2.45, 2.75) is 0 Å². The fourth-order valence-corrected chi connectivity index (χ4v) is 1.53. The van der Waals surface area contributed by atoms with Gasteiger partial charge in [-0.1, -0.05) is 18.2 Å². The van der Waals surface area contributed by atoms with Gasteiger partial charge >= 0.3 is 5.97 Å². The van der Waals surface area contributed by atoms with Gasteiger partial charge in [-0.2, -0.15) is 0 Å². The second kappa shape index (κ2) is 3.24. The van der Waals surface area contributed by atoms with Crippen LogP contribution in [0.15, 0.2) is 30.3 Å². The molecule has 3 N–H and O–H groups in total. The average Bonchev–Trinajstić information content (AvgIpc) is 2.19. The molecular formula is C11H8FNO2.